The second-order valence-corrected chi connectivity index (χ2v) is 5.10. The molecule has 0 radical (unpaired) electrons. The maximum Gasteiger partial charge on any atom is 0.253 e. The third kappa shape index (κ3) is 3.25. The van der Waals surface area contributed by atoms with Gasteiger partial charge in [0.25, 0.3) is 5.91 Å². The fourth-order valence-electron chi connectivity index (χ4n) is 1.27. The van der Waals surface area contributed by atoms with Crippen LogP contribution in [0.3, 0.4) is 0 Å². The van der Waals surface area contributed by atoms with Gasteiger partial charge in [-0.2, -0.15) is 0 Å². The largest absolute Gasteiger partial charge is 0.347 e. The first-order valence-electron chi connectivity index (χ1n) is 4.96. The van der Waals surface area contributed by atoms with Gasteiger partial charge in [-0.1, -0.05) is 11.6 Å². The second-order valence-electron chi connectivity index (χ2n) is 3.40. The molecule has 0 atom stereocenters. The van der Waals surface area contributed by atoms with Crippen molar-refractivity contribution in [2.75, 3.05) is 0 Å². The van der Waals surface area contributed by atoms with E-state index in [9.17, 15) is 4.79 Å². The third-order valence-corrected chi connectivity index (χ3v) is 3.22. The van der Waals surface area contributed by atoms with Gasteiger partial charge in [0, 0.05) is 17.3 Å². The Morgan fingerprint density at radius 1 is 1.41 bits per heavy atom. The zero-order chi connectivity index (χ0) is 12.3. The molecule has 2 rings (SSSR count). The summed E-state index contributed by atoms with van der Waals surface area (Å²) in [6.45, 7) is 2.41. The van der Waals surface area contributed by atoms with Gasteiger partial charge in [-0.25, -0.2) is 9.97 Å². The highest BCUT2D eigenvalue weighted by Crippen LogP contribution is 2.11. The molecule has 0 saturated heterocycles. The van der Waals surface area contributed by atoms with Crippen LogP contribution in [0.15, 0.2) is 24.5 Å². The fourth-order valence-corrected chi connectivity index (χ4v) is 2.11. The molecular formula is C11H10ClN3OS. The summed E-state index contributed by atoms with van der Waals surface area (Å²) in [4.78, 5) is 20.7. The number of rotatable bonds is 3. The number of nitrogens with one attached hydrogen (secondary N) is 1. The number of aryl methyl sites for hydroxylation is 1. The molecule has 6 heteroatoms. The number of hydrogen-bond acceptors (Lipinski definition) is 4. The Morgan fingerprint density at radius 2 is 2.24 bits per heavy atom. The molecule has 4 nitrogen and oxygen atoms in total. The van der Waals surface area contributed by atoms with Crippen LogP contribution < -0.4 is 5.32 Å². The predicted molar refractivity (Wildman–Crippen MR) is 67.3 cm³/mol. The molecule has 0 fully saturated rings. The SMILES string of the molecule is Cc1ncc(CNC(=O)c2ccc(Cl)nc2)s1. The number of hydrogen-bond donors (Lipinski definition) is 1. The lowest BCUT2D eigenvalue weighted by atomic mass is 10.3. The van der Waals surface area contributed by atoms with Crippen LogP contribution in [0, 0.1) is 6.92 Å². The standard InChI is InChI=1S/C11H10ClN3OS/c1-7-13-5-9(17-7)6-15-11(16)8-2-3-10(12)14-4-8/h2-5H,6H2,1H3,(H,15,16). The highest BCUT2D eigenvalue weighted by atomic mass is 35.5. The van der Waals surface area contributed by atoms with Crippen molar-refractivity contribution in [2.45, 2.75) is 13.5 Å². The lowest BCUT2D eigenvalue weighted by molar-refractivity contribution is 0.0951. The van der Waals surface area contributed by atoms with Crippen molar-refractivity contribution >= 4 is 28.8 Å². The number of halogens is 1. The summed E-state index contributed by atoms with van der Waals surface area (Å²) in [7, 11) is 0. The number of amides is 1. The van der Waals surface area contributed by atoms with E-state index in [2.05, 4.69) is 15.3 Å². The van der Waals surface area contributed by atoms with E-state index in [1.54, 1.807) is 29.7 Å². The predicted octanol–water partition coefficient (Wildman–Crippen LogP) is 2.43. The van der Waals surface area contributed by atoms with Crippen LogP contribution >= 0.6 is 22.9 Å². The van der Waals surface area contributed by atoms with Crippen LogP contribution in [0.1, 0.15) is 20.2 Å². The molecule has 2 aromatic heterocycles. The average Bonchev–Trinajstić information content (AvgIpc) is 2.73. The first-order valence-corrected chi connectivity index (χ1v) is 6.15. The van der Waals surface area contributed by atoms with Gasteiger partial charge in [-0.15, -0.1) is 11.3 Å². The molecular weight excluding hydrogens is 258 g/mol. The van der Waals surface area contributed by atoms with Crippen LogP contribution in [0.25, 0.3) is 0 Å². The number of thiazole rings is 1. The summed E-state index contributed by atoms with van der Waals surface area (Å²) in [6.07, 6.45) is 3.22. The van der Waals surface area contributed by atoms with Crippen LogP contribution in [0.2, 0.25) is 5.15 Å². The summed E-state index contributed by atoms with van der Waals surface area (Å²) < 4.78 is 0. The van der Waals surface area contributed by atoms with Gasteiger partial charge < -0.3 is 5.32 Å². The molecule has 2 heterocycles. The molecule has 1 N–H and O–H groups in total. The van der Waals surface area contributed by atoms with Crippen LogP contribution in [-0.4, -0.2) is 15.9 Å². The minimum Gasteiger partial charge on any atom is -0.347 e. The van der Waals surface area contributed by atoms with E-state index in [0.717, 1.165) is 9.88 Å². The normalized spacial score (nSPS) is 10.2. The Balaban J connectivity index is 1.95. The number of nitrogens with zero attached hydrogens (tertiary/aromatic N) is 2. The van der Waals surface area contributed by atoms with Crippen LogP contribution in [0.5, 0.6) is 0 Å². The first-order chi connectivity index (χ1) is 8.15. The Hall–Kier alpha value is -1.46. The van der Waals surface area contributed by atoms with E-state index < -0.39 is 0 Å². The highest BCUT2D eigenvalue weighted by molar-refractivity contribution is 7.11. The van der Waals surface area contributed by atoms with Crippen LogP contribution in [0.4, 0.5) is 0 Å². The van der Waals surface area contributed by atoms with E-state index in [1.807, 2.05) is 6.92 Å². The van der Waals surface area contributed by atoms with Crippen molar-refractivity contribution in [3.8, 4) is 0 Å². The average molecular weight is 268 g/mol. The highest BCUT2D eigenvalue weighted by Gasteiger charge is 2.06. The molecule has 2 aromatic rings. The van der Waals surface area contributed by atoms with Gasteiger partial charge in [-0.05, 0) is 19.1 Å². The molecule has 0 aliphatic rings. The minimum atomic E-state index is -0.166. The van der Waals surface area contributed by atoms with Crippen molar-refractivity contribution in [1.29, 1.82) is 0 Å². The summed E-state index contributed by atoms with van der Waals surface area (Å²) in [5.74, 6) is -0.166. The topological polar surface area (TPSA) is 54.9 Å². The number of carbonyl (C=O) groups is 1. The zero-order valence-electron chi connectivity index (χ0n) is 9.11. The van der Waals surface area contributed by atoms with E-state index in [1.165, 1.54) is 6.20 Å². The van der Waals surface area contributed by atoms with E-state index in [4.69, 9.17) is 11.6 Å². The summed E-state index contributed by atoms with van der Waals surface area (Å²) in [6, 6.07) is 3.23. The smallest absolute Gasteiger partial charge is 0.253 e. The fraction of sp³-hybridized carbons (Fsp3) is 0.182. The van der Waals surface area contributed by atoms with Gasteiger partial charge in [0.2, 0.25) is 0 Å². The Kier molecular flexibility index (Phi) is 3.71. The van der Waals surface area contributed by atoms with Gasteiger partial charge >= 0.3 is 0 Å². The van der Waals surface area contributed by atoms with Crippen molar-refractivity contribution in [3.63, 3.8) is 0 Å². The maximum absolute atomic E-state index is 11.7. The van der Waals surface area contributed by atoms with Crippen molar-refractivity contribution in [3.05, 3.63) is 45.1 Å². The van der Waals surface area contributed by atoms with Gasteiger partial charge in [-0.3, -0.25) is 4.79 Å². The summed E-state index contributed by atoms with van der Waals surface area (Å²) in [5.41, 5.74) is 0.496. The van der Waals surface area contributed by atoms with Gasteiger partial charge in [0.1, 0.15) is 5.15 Å². The van der Waals surface area contributed by atoms with Crippen molar-refractivity contribution in [2.24, 2.45) is 0 Å². The molecule has 0 saturated carbocycles. The molecule has 0 bridgehead atoms. The van der Waals surface area contributed by atoms with Crippen molar-refractivity contribution in [1.82, 2.24) is 15.3 Å². The Bertz CT molecular complexity index is 524. The Morgan fingerprint density at radius 3 is 2.82 bits per heavy atom. The molecule has 0 aliphatic heterocycles. The lowest BCUT2D eigenvalue weighted by Crippen LogP contribution is -2.22. The molecule has 0 aliphatic carbocycles. The Labute approximate surface area is 108 Å². The van der Waals surface area contributed by atoms with Crippen molar-refractivity contribution < 1.29 is 4.79 Å². The molecule has 0 aromatic carbocycles. The zero-order valence-corrected chi connectivity index (χ0v) is 10.7. The third-order valence-electron chi connectivity index (χ3n) is 2.08. The molecule has 1 amide bonds. The minimum absolute atomic E-state index is 0.166. The van der Waals surface area contributed by atoms with Crippen LogP contribution in [-0.2, 0) is 6.54 Å². The molecule has 0 unspecified atom stereocenters. The summed E-state index contributed by atoms with van der Waals surface area (Å²) >= 11 is 7.21. The number of carbonyl (C=O) groups excluding carboxylic acids is 1. The van der Waals surface area contributed by atoms with E-state index >= 15 is 0 Å². The van der Waals surface area contributed by atoms with Gasteiger partial charge in [0.05, 0.1) is 17.1 Å². The maximum atomic E-state index is 11.7. The van der Waals surface area contributed by atoms with E-state index in [-0.39, 0.29) is 5.91 Å². The second kappa shape index (κ2) is 5.25. The monoisotopic (exact) mass is 267 g/mol. The number of pyridine rings is 1. The first kappa shape index (κ1) is 12.0. The number of aromatic nitrogens is 2. The lowest BCUT2D eigenvalue weighted by Gasteiger charge is -2.02. The molecule has 0 spiro atoms. The molecule has 88 valence electrons. The van der Waals surface area contributed by atoms with E-state index in [0.29, 0.717) is 17.3 Å². The quantitative estimate of drug-likeness (QED) is 0.869. The summed E-state index contributed by atoms with van der Waals surface area (Å²) in [5, 5.41) is 4.16. The molecule has 17 heavy (non-hydrogen) atoms. The van der Waals surface area contributed by atoms with Gasteiger partial charge in [0.15, 0.2) is 0 Å².